The van der Waals surface area contributed by atoms with Crippen LogP contribution in [0.1, 0.15) is 26.3 Å². The Morgan fingerprint density at radius 1 is 1.30 bits per heavy atom. The van der Waals surface area contributed by atoms with E-state index in [1.807, 2.05) is 0 Å². The van der Waals surface area contributed by atoms with E-state index in [1.54, 1.807) is 43.5 Å². The number of hydrogen-bond donors (Lipinski definition) is 2. The van der Waals surface area contributed by atoms with Gasteiger partial charge in [0.05, 0.1) is 10.9 Å². The molecule has 0 radical (unpaired) electrons. The third-order valence-corrected chi connectivity index (χ3v) is 3.82. The van der Waals surface area contributed by atoms with Gasteiger partial charge in [-0.15, -0.1) is 0 Å². The molecule has 0 unspecified atom stereocenters. The van der Waals surface area contributed by atoms with Gasteiger partial charge in [-0.1, -0.05) is 6.07 Å². The van der Waals surface area contributed by atoms with E-state index >= 15 is 0 Å². The van der Waals surface area contributed by atoms with Crippen molar-refractivity contribution in [2.75, 3.05) is 5.73 Å². The van der Waals surface area contributed by atoms with Gasteiger partial charge >= 0.3 is 11.9 Å². The van der Waals surface area contributed by atoms with Gasteiger partial charge in [-0.25, -0.2) is 14.8 Å². The highest BCUT2D eigenvalue weighted by Crippen LogP contribution is 2.31. The average molecular weight is 368 g/mol. The zero-order valence-electron chi connectivity index (χ0n) is 15.3. The highest BCUT2D eigenvalue weighted by atomic mass is 16.6. The number of carboxylic acids is 1. The monoisotopic (exact) mass is 368 g/mol. The summed E-state index contributed by atoms with van der Waals surface area (Å²) in [4.78, 5) is 31.4. The topological polar surface area (TPSA) is 120 Å². The smallest absolute Gasteiger partial charge is 0.328 e. The SMILES string of the molecule is CC(C)(C)OC(=O)Cn1c2ccc(C=CC(=O)O)cc2c2c(N)ncnc21. The third-order valence-electron chi connectivity index (χ3n) is 3.82. The van der Waals surface area contributed by atoms with Crippen molar-refractivity contribution in [2.45, 2.75) is 32.9 Å². The lowest BCUT2D eigenvalue weighted by Gasteiger charge is -2.20. The van der Waals surface area contributed by atoms with Crippen LogP contribution in [0.3, 0.4) is 0 Å². The van der Waals surface area contributed by atoms with Crippen LogP contribution < -0.4 is 5.73 Å². The van der Waals surface area contributed by atoms with Crippen molar-refractivity contribution in [3.63, 3.8) is 0 Å². The molecule has 0 aliphatic carbocycles. The zero-order chi connectivity index (χ0) is 19.8. The predicted octanol–water partition coefficient (Wildman–Crippen LogP) is 2.61. The van der Waals surface area contributed by atoms with Gasteiger partial charge in [0, 0.05) is 11.5 Å². The Balaban J connectivity index is 2.16. The molecule has 0 fully saturated rings. The second-order valence-electron chi connectivity index (χ2n) is 7.08. The number of hydrogen-bond acceptors (Lipinski definition) is 6. The van der Waals surface area contributed by atoms with Gasteiger partial charge in [-0.3, -0.25) is 4.79 Å². The number of aromatic nitrogens is 3. The Morgan fingerprint density at radius 3 is 2.70 bits per heavy atom. The number of nitrogens with zero attached hydrogens (tertiary/aromatic N) is 3. The molecule has 0 amide bonds. The van der Waals surface area contributed by atoms with Gasteiger partial charge in [0.1, 0.15) is 29.9 Å². The number of ether oxygens (including phenoxy) is 1. The van der Waals surface area contributed by atoms with Crippen LogP contribution in [0.15, 0.2) is 30.6 Å². The summed E-state index contributed by atoms with van der Waals surface area (Å²) >= 11 is 0. The fourth-order valence-electron chi connectivity index (χ4n) is 2.89. The summed E-state index contributed by atoms with van der Waals surface area (Å²) in [7, 11) is 0. The molecule has 0 saturated heterocycles. The van der Waals surface area contributed by atoms with Crippen molar-refractivity contribution < 1.29 is 19.4 Å². The van der Waals surface area contributed by atoms with E-state index in [1.165, 1.54) is 12.4 Å². The molecule has 3 aromatic rings. The molecule has 2 aromatic heterocycles. The van der Waals surface area contributed by atoms with Crippen molar-refractivity contribution in [3.05, 3.63) is 36.2 Å². The molecule has 27 heavy (non-hydrogen) atoms. The molecule has 3 N–H and O–H groups in total. The number of aliphatic carboxylic acids is 1. The third kappa shape index (κ3) is 3.89. The number of carbonyl (C=O) groups excluding carboxylic acids is 1. The zero-order valence-corrected chi connectivity index (χ0v) is 15.3. The summed E-state index contributed by atoms with van der Waals surface area (Å²) in [5.74, 6) is -1.15. The van der Waals surface area contributed by atoms with Crippen LogP contribution >= 0.6 is 0 Å². The molecule has 8 heteroatoms. The van der Waals surface area contributed by atoms with Crippen molar-refractivity contribution in [3.8, 4) is 0 Å². The van der Waals surface area contributed by atoms with Crippen molar-refractivity contribution in [2.24, 2.45) is 0 Å². The molecule has 0 bridgehead atoms. The second kappa shape index (κ2) is 6.71. The number of nitrogens with two attached hydrogens (primary N) is 1. The standard InChI is InChI=1S/C19H20N4O4/c1-19(2,3)27-15(26)9-23-13-6-4-11(5-7-14(24)25)8-12(13)16-17(20)21-10-22-18(16)23/h4-8,10H,9H2,1-3H3,(H,24,25)(H2,20,21,22). The van der Waals surface area contributed by atoms with E-state index in [0.29, 0.717) is 16.6 Å². The molecule has 0 aliphatic heterocycles. The first kappa shape index (κ1) is 18.4. The Kier molecular flexibility index (Phi) is 4.57. The number of carbonyl (C=O) groups is 2. The van der Waals surface area contributed by atoms with Gasteiger partial charge < -0.3 is 20.1 Å². The van der Waals surface area contributed by atoms with E-state index < -0.39 is 17.5 Å². The number of fused-ring (bicyclic) bond motifs is 3. The van der Waals surface area contributed by atoms with E-state index in [2.05, 4.69) is 9.97 Å². The number of benzene rings is 1. The van der Waals surface area contributed by atoms with E-state index in [4.69, 9.17) is 15.6 Å². The van der Waals surface area contributed by atoms with Crippen molar-refractivity contribution in [1.29, 1.82) is 0 Å². The maximum atomic E-state index is 12.3. The first-order valence-electron chi connectivity index (χ1n) is 8.31. The lowest BCUT2D eigenvalue weighted by atomic mass is 10.1. The highest BCUT2D eigenvalue weighted by molar-refractivity contribution is 6.12. The molecule has 140 valence electrons. The summed E-state index contributed by atoms with van der Waals surface area (Å²) in [6, 6.07) is 5.35. The minimum atomic E-state index is -1.04. The minimum Gasteiger partial charge on any atom is -0.478 e. The van der Waals surface area contributed by atoms with Gasteiger partial charge in [0.15, 0.2) is 0 Å². The summed E-state index contributed by atoms with van der Waals surface area (Å²) in [6.45, 7) is 5.38. The quantitative estimate of drug-likeness (QED) is 0.536. The Morgan fingerprint density at radius 2 is 2.04 bits per heavy atom. The van der Waals surface area contributed by atoms with Gasteiger partial charge in [-0.05, 0) is 44.5 Å². The largest absolute Gasteiger partial charge is 0.478 e. The molecular weight excluding hydrogens is 348 g/mol. The number of nitrogen functional groups attached to an aromatic ring is 1. The molecule has 0 aliphatic rings. The van der Waals surface area contributed by atoms with Crippen LogP contribution in [0.4, 0.5) is 5.82 Å². The van der Waals surface area contributed by atoms with Gasteiger partial charge in [0.2, 0.25) is 0 Å². The maximum Gasteiger partial charge on any atom is 0.328 e. The van der Waals surface area contributed by atoms with E-state index in [0.717, 1.165) is 17.0 Å². The number of carboxylic acid groups (broad SMARTS) is 1. The first-order valence-corrected chi connectivity index (χ1v) is 8.31. The minimum absolute atomic E-state index is 0.0297. The molecule has 8 nitrogen and oxygen atoms in total. The first-order chi connectivity index (χ1) is 12.7. The van der Waals surface area contributed by atoms with Crippen molar-refractivity contribution in [1.82, 2.24) is 14.5 Å². The second-order valence-corrected chi connectivity index (χ2v) is 7.08. The van der Waals surface area contributed by atoms with Crippen LogP contribution in [0.25, 0.3) is 28.0 Å². The van der Waals surface area contributed by atoms with E-state index in [9.17, 15) is 9.59 Å². The highest BCUT2D eigenvalue weighted by Gasteiger charge is 2.21. The molecule has 2 heterocycles. The van der Waals surface area contributed by atoms with Gasteiger partial charge in [-0.2, -0.15) is 0 Å². The molecule has 0 spiro atoms. The fourth-order valence-corrected chi connectivity index (χ4v) is 2.89. The Hall–Kier alpha value is -3.42. The maximum absolute atomic E-state index is 12.3. The van der Waals surface area contributed by atoms with Gasteiger partial charge in [0.25, 0.3) is 0 Å². The molecule has 0 atom stereocenters. The summed E-state index contributed by atoms with van der Waals surface area (Å²) in [6.07, 6.45) is 3.88. The summed E-state index contributed by atoms with van der Waals surface area (Å²) in [5.41, 5.74) is 7.38. The molecule has 1 aromatic carbocycles. The van der Waals surface area contributed by atoms with Crippen LogP contribution in [-0.4, -0.2) is 37.2 Å². The molecule has 3 rings (SSSR count). The van der Waals surface area contributed by atoms with Crippen LogP contribution in [-0.2, 0) is 20.9 Å². The lowest BCUT2D eigenvalue weighted by molar-refractivity contribution is -0.155. The summed E-state index contributed by atoms with van der Waals surface area (Å²) < 4.78 is 7.14. The number of anilines is 1. The Bertz CT molecular complexity index is 1080. The average Bonchev–Trinajstić information content (AvgIpc) is 2.86. The van der Waals surface area contributed by atoms with Crippen LogP contribution in [0.5, 0.6) is 0 Å². The van der Waals surface area contributed by atoms with Crippen LogP contribution in [0, 0.1) is 0 Å². The van der Waals surface area contributed by atoms with Crippen molar-refractivity contribution >= 4 is 45.8 Å². The number of rotatable bonds is 4. The normalized spacial score (nSPS) is 12.1. The van der Waals surface area contributed by atoms with Crippen LogP contribution in [0.2, 0.25) is 0 Å². The fraction of sp³-hybridized carbons (Fsp3) is 0.263. The van der Waals surface area contributed by atoms with E-state index in [-0.39, 0.29) is 12.4 Å². The molecular formula is C19H20N4O4. The number of esters is 1. The predicted molar refractivity (Wildman–Crippen MR) is 102 cm³/mol. The summed E-state index contributed by atoms with van der Waals surface area (Å²) in [5, 5.41) is 10.2. The Labute approximate surface area is 155 Å². The molecule has 0 saturated carbocycles. The lowest BCUT2D eigenvalue weighted by Crippen LogP contribution is -2.26.